The van der Waals surface area contributed by atoms with E-state index in [2.05, 4.69) is 29.6 Å². The lowest BCUT2D eigenvalue weighted by Crippen LogP contribution is -2.57. The zero-order chi connectivity index (χ0) is 21.5. The largest absolute Gasteiger partial charge is 0.449 e. The van der Waals surface area contributed by atoms with Crippen molar-refractivity contribution in [2.45, 2.75) is 36.2 Å². The molecule has 160 valence electrons. The van der Waals surface area contributed by atoms with Crippen LogP contribution < -0.4 is 5.32 Å². The quantitative estimate of drug-likeness (QED) is 0.709. The van der Waals surface area contributed by atoms with Crippen molar-refractivity contribution in [3.8, 4) is 11.1 Å². The van der Waals surface area contributed by atoms with Gasteiger partial charge in [-0.15, -0.1) is 11.8 Å². The highest BCUT2D eigenvalue weighted by atomic mass is 35.5. The number of fused-ring (bicyclic) bond motifs is 4. The molecule has 6 nitrogen and oxygen atoms in total. The molecular formula is C23H21ClN2O4S. The topological polar surface area (TPSA) is 75.7 Å². The third-order valence-corrected chi connectivity index (χ3v) is 7.85. The second-order valence-electron chi connectivity index (χ2n) is 7.95. The zero-order valence-electron chi connectivity index (χ0n) is 16.6. The number of nitrogens with one attached hydrogen (secondary N) is 1. The highest BCUT2D eigenvalue weighted by molar-refractivity contribution is 8.00. The Hall–Kier alpha value is -2.51. The van der Waals surface area contributed by atoms with Crippen LogP contribution in [0.1, 0.15) is 29.9 Å². The van der Waals surface area contributed by atoms with Crippen LogP contribution in [0.3, 0.4) is 0 Å². The lowest BCUT2D eigenvalue weighted by molar-refractivity contribution is -0.141. The first-order chi connectivity index (χ1) is 15.0. The summed E-state index contributed by atoms with van der Waals surface area (Å²) in [5.41, 5.74) is 4.57. The Morgan fingerprint density at radius 1 is 1.06 bits per heavy atom. The number of amides is 2. The molecule has 0 bridgehead atoms. The Labute approximate surface area is 189 Å². The fourth-order valence-electron chi connectivity index (χ4n) is 4.79. The normalized spacial score (nSPS) is 24.4. The molecule has 3 aliphatic rings. The molecule has 5 rings (SSSR count). The van der Waals surface area contributed by atoms with Crippen LogP contribution in [0, 0.1) is 0 Å². The predicted molar refractivity (Wildman–Crippen MR) is 119 cm³/mol. The van der Waals surface area contributed by atoms with Crippen LogP contribution in [0.2, 0.25) is 0 Å². The Morgan fingerprint density at radius 3 is 2.35 bits per heavy atom. The average Bonchev–Trinajstić information content (AvgIpc) is 3.34. The van der Waals surface area contributed by atoms with Crippen molar-refractivity contribution in [1.29, 1.82) is 0 Å². The van der Waals surface area contributed by atoms with Gasteiger partial charge in [0.25, 0.3) is 0 Å². The average molecular weight is 457 g/mol. The van der Waals surface area contributed by atoms with Crippen molar-refractivity contribution in [3.05, 3.63) is 59.7 Å². The number of benzene rings is 2. The van der Waals surface area contributed by atoms with E-state index in [1.807, 2.05) is 24.3 Å². The van der Waals surface area contributed by atoms with E-state index in [0.29, 0.717) is 18.6 Å². The van der Waals surface area contributed by atoms with E-state index in [-0.39, 0.29) is 23.8 Å². The van der Waals surface area contributed by atoms with Crippen LogP contribution in [0.15, 0.2) is 48.5 Å². The van der Waals surface area contributed by atoms with Crippen LogP contribution >= 0.6 is 23.4 Å². The third kappa shape index (κ3) is 3.59. The molecule has 2 saturated heterocycles. The molecule has 1 N–H and O–H groups in total. The van der Waals surface area contributed by atoms with Gasteiger partial charge in [0, 0.05) is 11.7 Å². The summed E-state index contributed by atoms with van der Waals surface area (Å²) in [6.07, 6.45) is 0.588. The molecule has 2 fully saturated rings. The maximum Gasteiger partial charge on any atom is 0.407 e. The second kappa shape index (κ2) is 8.20. The molecular weight excluding hydrogens is 436 g/mol. The molecule has 0 saturated carbocycles. The molecule has 3 atom stereocenters. The summed E-state index contributed by atoms with van der Waals surface area (Å²) in [6, 6.07) is 14.9. The molecule has 8 heteroatoms. The zero-order valence-corrected chi connectivity index (χ0v) is 18.2. The maximum absolute atomic E-state index is 12.9. The predicted octanol–water partition coefficient (Wildman–Crippen LogP) is 3.72. The summed E-state index contributed by atoms with van der Waals surface area (Å²) in [7, 11) is 0. The number of alkyl carbamates (subject to hydrolysis) is 1. The molecule has 1 unspecified atom stereocenters. The number of carbonyl (C=O) groups excluding carboxylic acids is 3. The van der Waals surface area contributed by atoms with Gasteiger partial charge in [-0.3, -0.25) is 9.59 Å². The van der Waals surface area contributed by atoms with E-state index in [4.69, 9.17) is 16.3 Å². The number of rotatable bonds is 4. The van der Waals surface area contributed by atoms with Crippen LogP contribution in [-0.4, -0.2) is 52.0 Å². The van der Waals surface area contributed by atoms with Gasteiger partial charge in [-0.25, -0.2) is 4.79 Å². The van der Waals surface area contributed by atoms with E-state index >= 15 is 0 Å². The molecule has 0 radical (unpaired) electrons. The number of ether oxygens (including phenoxy) is 1. The van der Waals surface area contributed by atoms with Crippen LogP contribution in [0.4, 0.5) is 4.79 Å². The standard InChI is InChI=1S/C23H21ClN2O4S/c24-21(27)19-12-31-20-10-9-18(22(28)26(19)20)25-23(29)30-11-17-15-7-3-1-5-13(15)14-6-2-4-8-16(14)17/h1-8,17-20H,9-12H2,(H,25,29)/t18-,19-,20?/m0/s1. The van der Waals surface area contributed by atoms with Gasteiger partial charge in [0.1, 0.15) is 18.7 Å². The molecule has 2 aromatic carbocycles. The minimum atomic E-state index is -0.705. The molecule has 2 aromatic rings. The van der Waals surface area contributed by atoms with Crippen molar-refractivity contribution >= 4 is 40.6 Å². The Bertz CT molecular complexity index is 1020. The fourth-order valence-corrected chi connectivity index (χ4v) is 6.49. The van der Waals surface area contributed by atoms with Gasteiger partial charge in [-0.2, -0.15) is 0 Å². The first-order valence-electron chi connectivity index (χ1n) is 10.3. The Morgan fingerprint density at radius 2 is 1.71 bits per heavy atom. The molecule has 1 aliphatic carbocycles. The summed E-state index contributed by atoms with van der Waals surface area (Å²) >= 11 is 7.23. The number of hydrogen-bond acceptors (Lipinski definition) is 5. The van der Waals surface area contributed by atoms with Gasteiger partial charge in [-0.1, -0.05) is 48.5 Å². The molecule has 2 amide bonds. The molecule has 0 aromatic heterocycles. The van der Waals surface area contributed by atoms with Crippen molar-refractivity contribution in [1.82, 2.24) is 10.2 Å². The number of thioether (sulfide) groups is 1. The smallest absolute Gasteiger partial charge is 0.407 e. The first-order valence-corrected chi connectivity index (χ1v) is 11.7. The number of halogens is 1. The molecule has 0 spiro atoms. The Kier molecular flexibility index (Phi) is 5.40. The lowest BCUT2D eigenvalue weighted by Gasteiger charge is -2.36. The summed E-state index contributed by atoms with van der Waals surface area (Å²) in [4.78, 5) is 38.6. The van der Waals surface area contributed by atoms with E-state index < -0.39 is 23.4 Å². The van der Waals surface area contributed by atoms with Crippen molar-refractivity contribution in [2.24, 2.45) is 0 Å². The monoisotopic (exact) mass is 456 g/mol. The van der Waals surface area contributed by atoms with Crippen LogP contribution in [0.25, 0.3) is 11.1 Å². The minimum absolute atomic E-state index is 0.0437. The summed E-state index contributed by atoms with van der Waals surface area (Å²) in [5.74, 6) is 0.183. The van der Waals surface area contributed by atoms with Gasteiger partial charge in [0.2, 0.25) is 11.1 Å². The Balaban J connectivity index is 1.25. The van der Waals surface area contributed by atoms with Crippen LogP contribution in [-0.2, 0) is 14.3 Å². The number of hydrogen-bond donors (Lipinski definition) is 1. The molecule has 31 heavy (non-hydrogen) atoms. The maximum atomic E-state index is 12.9. The highest BCUT2D eigenvalue weighted by Gasteiger charge is 2.46. The van der Waals surface area contributed by atoms with Gasteiger partial charge in [0.05, 0.1) is 5.37 Å². The number of carbonyl (C=O) groups is 3. The van der Waals surface area contributed by atoms with Crippen molar-refractivity contribution in [2.75, 3.05) is 12.4 Å². The van der Waals surface area contributed by atoms with E-state index in [9.17, 15) is 14.4 Å². The fraction of sp³-hybridized carbons (Fsp3) is 0.348. The molecule has 2 heterocycles. The van der Waals surface area contributed by atoms with Crippen molar-refractivity contribution in [3.63, 3.8) is 0 Å². The van der Waals surface area contributed by atoms with Gasteiger partial charge in [-0.05, 0) is 46.7 Å². The molecule has 2 aliphatic heterocycles. The van der Waals surface area contributed by atoms with Gasteiger partial charge in [0.15, 0.2) is 0 Å². The summed E-state index contributed by atoms with van der Waals surface area (Å²) < 4.78 is 5.56. The summed E-state index contributed by atoms with van der Waals surface area (Å²) in [6.45, 7) is 0.186. The highest BCUT2D eigenvalue weighted by Crippen LogP contribution is 2.44. The number of nitrogens with zero attached hydrogens (tertiary/aromatic N) is 1. The SMILES string of the molecule is O=C(N[C@H]1CCC2SC[C@@H](C(=O)Cl)N2C1=O)OCC1c2ccccc2-c2ccccc21. The second-order valence-corrected chi connectivity index (χ2v) is 9.54. The summed E-state index contributed by atoms with van der Waals surface area (Å²) in [5, 5.41) is 2.10. The minimum Gasteiger partial charge on any atom is -0.449 e. The number of piperidine rings is 1. The first kappa shape index (κ1) is 20.4. The van der Waals surface area contributed by atoms with Gasteiger partial charge >= 0.3 is 6.09 Å². The van der Waals surface area contributed by atoms with E-state index in [1.165, 1.54) is 4.90 Å². The lowest BCUT2D eigenvalue weighted by atomic mass is 9.98. The van der Waals surface area contributed by atoms with E-state index in [0.717, 1.165) is 22.3 Å². The third-order valence-electron chi connectivity index (χ3n) is 6.25. The van der Waals surface area contributed by atoms with Gasteiger partial charge < -0.3 is 15.0 Å². The van der Waals surface area contributed by atoms with E-state index in [1.54, 1.807) is 11.8 Å². The van der Waals surface area contributed by atoms with Crippen LogP contribution in [0.5, 0.6) is 0 Å². The van der Waals surface area contributed by atoms with Crippen molar-refractivity contribution < 1.29 is 19.1 Å².